The summed E-state index contributed by atoms with van der Waals surface area (Å²) < 4.78 is 33.6. The number of halogens is 3. The van der Waals surface area contributed by atoms with Gasteiger partial charge in [-0.3, -0.25) is 4.99 Å². The lowest BCUT2D eigenvalue weighted by molar-refractivity contribution is 0.155. The summed E-state index contributed by atoms with van der Waals surface area (Å²) in [4.78, 5) is 8.55. The summed E-state index contributed by atoms with van der Waals surface area (Å²) in [6.45, 7) is 4.29. The van der Waals surface area contributed by atoms with E-state index in [9.17, 15) is 8.78 Å². The predicted molar refractivity (Wildman–Crippen MR) is 129 cm³/mol. The summed E-state index contributed by atoms with van der Waals surface area (Å²) in [7, 11) is 7.07. The maximum atomic E-state index is 14.2. The molecule has 0 radical (unpaired) electrons. The highest BCUT2D eigenvalue weighted by molar-refractivity contribution is 14.0. The van der Waals surface area contributed by atoms with Gasteiger partial charge in [-0.25, -0.2) is 8.78 Å². The monoisotopic (exact) mass is 539 g/mol. The van der Waals surface area contributed by atoms with Crippen LogP contribution in [0.2, 0.25) is 0 Å². The Bertz CT molecular complexity index is 634. The zero-order valence-electron chi connectivity index (χ0n) is 18.5. The van der Waals surface area contributed by atoms with E-state index in [1.807, 2.05) is 14.1 Å². The third kappa shape index (κ3) is 8.24. The smallest absolute Gasteiger partial charge is 0.191 e. The third-order valence-corrected chi connectivity index (χ3v) is 5.39. The molecule has 0 aliphatic carbocycles. The Labute approximate surface area is 196 Å². The Kier molecular flexibility index (Phi) is 12.7. The van der Waals surface area contributed by atoms with Gasteiger partial charge in [-0.15, -0.1) is 24.0 Å². The van der Waals surface area contributed by atoms with E-state index in [1.165, 1.54) is 18.2 Å². The molecule has 1 aromatic rings. The van der Waals surface area contributed by atoms with Gasteiger partial charge in [-0.1, -0.05) is 6.07 Å². The van der Waals surface area contributed by atoms with Crippen molar-refractivity contribution >= 4 is 29.9 Å². The molecule has 1 aliphatic rings. The minimum Gasteiger partial charge on any atom is -0.385 e. The van der Waals surface area contributed by atoms with Crippen LogP contribution in [0.4, 0.5) is 8.78 Å². The van der Waals surface area contributed by atoms with Gasteiger partial charge >= 0.3 is 0 Å². The quantitative estimate of drug-likeness (QED) is 0.219. The Morgan fingerprint density at radius 2 is 1.90 bits per heavy atom. The van der Waals surface area contributed by atoms with Crippen molar-refractivity contribution in [2.24, 2.45) is 4.99 Å². The van der Waals surface area contributed by atoms with Gasteiger partial charge in [0.1, 0.15) is 11.6 Å². The number of aliphatic imine (C=N–C) groups is 1. The van der Waals surface area contributed by atoms with Crippen LogP contribution in [0, 0.1) is 11.6 Å². The molecule has 0 aromatic heterocycles. The van der Waals surface area contributed by atoms with Gasteiger partial charge < -0.3 is 25.2 Å². The lowest BCUT2D eigenvalue weighted by atomic mass is 10.0. The maximum absolute atomic E-state index is 14.2. The van der Waals surface area contributed by atoms with Gasteiger partial charge in [0.25, 0.3) is 0 Å². The summed E-state index contributed by atoms with van der Waals surface area (Å²) in [5, 5.41) is 6.69. The topological polar surface area (TPSA) is 52.1 Å². The summed E-state index contributed by atoms with van der Waals surface area (Å²) in [6, 6.07) is 3.86. The van der Waals surface area contributed by atoms with Crippen molar-refractivity contribution in [3.05, 3.63) is 35.4 Å². The first kappa shape index (κ1) is 27.0. The van der Waals surface area contributed by atoms with Gasteiger partial charge in [-0.05, 0) is 45.5 Å². The molecule has 0 saturated carbocycles. The first-order valence-electron chi connectivity index (χ1n) is 10.2. The highest BCUT2D eigenvalue weighted by Gasteiger charge is 2.24. The Morgan fingerprint density at radius 1 is 1.27 bits per heavy atom. The molecule has 1 saturated heterocycles. The zero-order chi connectivity index (χ0) is 21.2. The number of hydrogen-bond acceptors (Lipinski definition) is 4. The number of piperidine rings is 1. The van der Waals surface area contributed by atoms with E-state index in [2.05, 4.69) is 20.5 Å². The van der Waals surface area contributed by atoms with E-state index in [4.69, 9.17) is 4.74 Å². The molecule has 0 bridgehead atoms. The molecule has 2 rings (SSSR count). The molecular weight excluding hydrogens is 503 g/mol. The minimum absolute atomic E-state index is 0. The Morgan fingerprint density at radius 3 is 2.43 bits per heavy atom. The van der Waals surface area contributed by atoms with Crippen molar-refractivity contribution in [1.29, 1.82) is 0 Å². The lowest BCUT2D eigenvalue weighted by Gasteiger charge is -2.33. The summed E-state index contributed by atoms with van der Waals surface area (Å²) in [5.74, 6) is -0.407. The molecule has 9 heteroatoms. The zero-order valence-corrected chi connectivity index (χ0v) is 20.8. The van der Waals surface area contributed by atoms with E-state index < -0.39 is 17.7 Å². The Hall–Kier alpha value is -1.04. The molecule has 0 spiro atoms. The van der Waals surface area contributed by atoms with Crippen LogP contribution in [-0.2, 0) is 4.74 Å². The summed E-state index contributed by atoms with van der Waals surface area (Å²) >= 11 is 0. The van der Waals surface area contributed by atoms with E-state index in [0.29, 0.717) is 18.5 Å². The summed E-state index contributed by atoms with van der Waals surface area (Å²) in [6.07, 6.45) is 3.12. The number of nitrogens with one attached hydrogen (secondary N) is 2. The molecule has 1 fully saturated rings. The first-order valence-corrected chi connectivity index (χ1v) is 10.2. The minimum atomic E-state index is -0.533. The number of guanidine groups is 1. The first-order chi connectivity index (χ1) is 14.0. The van der Waals surface area contributed by atoms with Crippen LogP contribution in [0.15, 0.2) is 23.2 Å². The number of likely N-dealkylation sites (N-methyl/N-ethyl adjacent to an activating group) is 1. The average Bonchev–Trinajstić information content (AvgIpc) is 2.70. The van der Waals surface area contributed by atoms with Gasteiger partial charge in [0.05, 0.1) is 6.04 Å². The molecule has 1 aromatic carbocycles. The van der Waals surface area contributed by atoms with Gasteiger partial charge in [0.15, 0.2) is 5.96 Å². The lowest BCUT2D eigenvalue weighted by Crippen LogP contribution is -2.50. The average molecular weight is 539 g/mol. The second kappa shape index (κ2) is 14.1. The standard InChI is InChI=1S/C21H35F2N5O.HI/c1-24-21(26-16-9-12-28(13-10-16)11-6-14-29-4)25-15-19(27(2)3)20-17(22)7-5-8-18(20)23;/h5,7-8,16,19H,6,9-15H2,1-4H3,(H2,24,25,26);1H. The second-order valence-electron chi connectivity index (χ2n) is 7.67. The Balaban J connectivity index is 0.00000450. The molecule has 30 heavy (non-hydrogen) atoms. The molecule has 1 heterocycles. The number of benzene rings is 1. The van der Waals surface area contributed by atoms with E-state index >= 15 is 0 Å². The van der Waals surface area contributed by atoms with Crippen LogP contribution in [0.1, 0.15) is 30.9 Å². The van der Waals surface area contributed by atoms with Crippen molar-refractivity contribution in [3.63, 3.8) is 0 Å². The van der Waals surface area contributed by atoms with Crippen molar-refractivity contribution in [2.75, 3.05) is 61.0 Å². The molecule has 1 atom stereocenters. The molecule has 1 aliphatic heterocycles. The van der Waals surface area contributed by atoms with Crippen LogP contribution >= 0.6 is 24.0 Å². The van der Waals surface area contributed by atoms with Gasteiger partial charge in [0.2, 0.25) is 0 Å². The number of hydrogen-bond donors (Lipinski definition) is 2. The van der Waals surface area contributed by atoms with Crippen LogP contribution in [0.5, 0.6) is 0 Å². The second-order valence-corrected chi connectivity index (χ2v) is 7.67. The number of rotatable bonds is 9. The van der Waals surface area contributed by atoms with Gasteiger partial charge in [0, 0.05) is 58.5 Å². The fraction of sp³-hybridized carbons (Fsp3) is 0.667. The van der Waals surface area contributed by atoms with E-state index in [0.717, 1.165) is 45.5 Å². The number of likely N-dealkylation sites (tertiary alicyclic amines) is 1. The third-order valence-electron chi connectivity index (χ3n) is 5.39. The largest absolute Gasteiger partial charge is 0.385 e. The molecular formula is C21H36F2IN5O. The van der Waals surface area contributed by atoms with Crippen molar-refractivity contribution in [2.45, 2.75) is 31.3 Å². The fourth-order valence-electron chi connectivity index (χ4n) is 3.69. The van der Waals surface area contributed by atoms with Crippen molar-refractivity contribution < 1.29 is 13.5 Å². The van der Waals surface area contributed by atoms with E-state index in [-0.39, 0.29) is 29.5 Å². The molecule has 1 unspecified atom stereocenters. The number of methoxy groups -OCH3 is 1. The van der Waals surface area contributed by atoms with Crippen LogP contribution in [0.3, 0.4) is 0 Å². The SMILES string of the molecule is CN=C(NCC(c1c(F)cccc1F)N(C)C)NC1CCN(CCCOC)CC1.I. The molecule has 6 nitrogen and oxygen atoms in total. The normalized spacial score (nSPS) is 17.0. The van der Waals surface area contributed by atoms with Crippen molar-refractivity contribution in [3.8, 4) is 0 Å². The van der Waals surface area contributed by atoms with Crippen LogP contribution < -0.4 is 10.6 Å². The van der Waals surface area contributed by atoms with Crippen LogP contribution in [0.25, 0.3) is 0 Å². The molecule has 2 N–H and O–H groups in total. The predicted octanol–water partition coefficient (Wildman–Crippen LogP) is 2.85. The number of ether oxygens (including phenoxy) is 1. The van der Waals surface area contributed by atoms with Crippen LogP contribution in [-0.4, -0.2) is 82.8 Å². The molecule has 172 valence electrons. The highest BCUT2D eigenvalue weighted by atomic mass is 127. The summed E-state index contributed by atoms with van der Waals surface area (Å²) in [5.41, 5.74) is 0.0739. The fourth-order valence-corrected chi connectivity index (χ4v) is 3.69. The van der Waals surface area contributed by atoms with E-state index in [1.54, 1.807) is 19.1 Å². The molecule has 0 amide bonds. The van der Waals surface area contributed by atoms with Crippen molar-refractivity contribution in [1.82, 2.24) is 20.4 Å². The van der Waals surface area contributed by atoms with Gasteiger partial charge in [-0.2, -0.15) is 0 Å². The highest BCUT2D eigenvalue weighted by Crippen LogP contribution is 2.23. The number of nitrogens with zero attached hydrogens (tertiary/aromatic N) is 3. The maximum Gasteiger partial charge on any atom is 0.191 e.